The molecule has 2 heteroatoms. The van der Waals surface area contributed by atoms with Gasteiger partial charge in [-0.25, -0.2) is 0 Å². The number of rotatable bonds is 1. The first-order valence-electron chi connectivity index (χ1n) is 2.31. The van der Waals surface area contributed by atoms with Crippen molar-refractivity contribution in [2.75, 3.05) is 14.1 Å². The molecule has 0 aliphatic carbocycles. The summed E-state index contributed by atoms with van der Waals surface area (Å²) in [5, 5.41) is 0. The molecule has 0 N–H and O–H groups in total. The molecule has 38 valence electrons. The van der Waals surface area contributed by atoms with Gasteiger partial charge in [-0.2, -0.15) is 0 Å². The van der Waals surface area contributed by atoms with Gasteiger partial charge in [-0.1, -0.05) is 0 Å². The summed E-state index contributed by atoms with van der Waals surface area (Å²) >= 11 is -0.971. The SMILES string of the molecule is C[N](C)[SnH]([CH3])[CH3]. The molecule has 0 aromatic rings. The Morgan fingerprint density at radius 3 is 1.33 bits per heavy atom. The summed E-state index contributed by atoms with van der Waals surface area (Å²) < 4.78 is 2.38. The zero-order valence-corrected chi connectivity index (χ0v) is 8.32. The van der Waals surface area contributed by atoms with Crippen LogP contribution in [0.1, 0.15) is 0 Å². The summed E-state index contributed by atoms with van der Waals surface area (Å²) in [6.45, 7) is 0. The minimum absolute atomic E-state index is 0.971. The first-order chi connectivity index (χ1) is 2.64. The second-order valence-corrected chi connectivity index (χ2v) is 11.2. The van der Waals surface area contributed by atoms with E-state index in [-0.39, 0.29) is 0 Å². The van der Waals surface area contributed by atoms with Crippen LogP contribution in [0.2, 0.25) is 9.88 Å². The van der Waals surface area contributed by atoms with Crippen molar-refractivity contribution >= 4 is 20.0 Å². The van der Waals surface area contributed by atoms with Crippen LogP contribution in [0.15, 0.2) is 0 Å². The predicted molar refractivity (Wildman–Crippen MR) is 32.6 cm³/mol. The van der Waals surface area contributed by atoms with Crippen LogP contribution in [0.25, 0.3) is 0 Å². The molecule has 0 aromatic heterocycles. The van der Waals surface area contributed by atoms with Gasteiger partial charge in [0.05, 0.1) is 0 Å². The fraction of sp³-hybridized carbons (Fsp3) is 1.00. The van der Waals surface area contributed by atoms with E-state index in [1.54, 1.807) is 0 Å². The van der Waals surface area contributed by atoms with E-state index in [1.165, 1.54) is 0 Å². The third-order valence-corrected chi connectivity index (χ3v) is 6.93. The zero-order chi connectivity index (χ0) is 5.15. The van der Waals surface area contributed by atoms with Crippen molar-refractivity contribution in [2.45, 2.75) is 9.88 Å². The van der Waals surface area contributed by atoms with Crippen molar-refractivity contribution in [1.82, 2.24) is 3.12 Å². The van der Waals surface area contributed by atoms with E-state index in [1.807, 2.05) is 0 Å². The quantitative estimate of drug-likeness (QED) is 0.550. The molecule has 1 nitrogen and oxygen atoms in total. The third-order valence-electron chi connectivity index (χ3n) is 1.03. The van der Waals surface area contributed by atoms with Crippen molar-refractivity contribution in [2.24, 2.45) is 0 Å². The van der Waals surface area contributed by atoms with Gasteiger partial charge < -0.3 is 0 Å². The summed E-state index contributed by atoms with van der Waals surface area (Å²) in [5.74, 6) is 0. The molecule has 0 saturated heterocycles. The van der Waals surface area contributed by atoms with Gasteiger partial charge in [0, 0.05) is 0 Å². The van der Waals surface area contributed by atoms with Crippen molar-refractivity contribution in [1.29, 1.82) is 0 Å². The Balaban J connectivity index is 2.99. The van der Waals surface area contributed by atoms with Gasteiger partial charge >= 0.3 is 47.1 Å². The van der Waals surface area contributed by atoms with Crippen molar-refractivity contribution in [3.05, 3.63) is 0 Å². The molecule has 0 saturated carbocycles. The summed E-state index contributed by atoms with van der Waals surface area (Å²) in [7, 11) is 4.33. The number of hydrogen-bond donors (Lipinski definition) is 0. The average Bonchev–Trinajstić information content (AvgIpc) is 1.36. The van der Waals surface area contributed by atoms with Crippen LogP contribution < -0.4 is 0 Å². The Morgan fingerprint density at radius 2 is 1.33 bits per heavy atom. The molecule has 0 atom stereocenters. The third kappa shape index (κ3) is 2.97. The van der Waals surface area contributed by atoms with Crippen LogP contribution in [0, 0.1) is 0 Å². The van der Waals surface area contributed by atoms with Crippen LogP contribution >= 0.6 is 0 Å². The molecule has 6 heavy (non-hydrogen) atoms. The molecular formula is C4H13NSn. The van der Waals surface area contributed by atoms with Crippen LogP contribution in [0.3, 0.4) is 0 Å². The van der Waals surface area contributed by atoms with E-state index in [2.05, 4.69) is 27.1 Å². The number of hydrogen-bond acceptors (Lipinski definition) is 1. The second kappa shape index (κ2) is 2.85. The molecule has 0 bridgehead atoms. The molecule has 0 radical (unpaired) electrons. The van der Waals surface area contributed by atoms with Crippen molar-refractivity contribution < 1.29 is 0 Å². The van der Waals surface area contributed by atoms with Crippen LogP contribution in [-0.4, -0.2) is 37.2 Å². The monoisotopic (exact) mass is 195 g/mol. The van der Waals surface area contributed by atoms with E-state index >= 15 is 0 Å². The van der Waals surface area contributed by atoms with Gasteiger partial charge in [-0.05, 0) is 0 Å². The molecule has 0 aliphatic heterocycles. The summed E-state index contributed by atoms with van der Waals surface area (Å²) in [6, 6.07) is 0. The number of nitrogens with zero attached hydrogens (tertiary/aromatic N) is 1. The van der Waals surface area contributed by atoms with Crippen molar-refractivity contribution in [3.63, 3.8) is 0 Å². The fourth-order valence-corrected chi connectivity index (χ4v) is 0. The topological polar surface area (TPSA) is 3.24 Å². The van der Waals surface area contributed by atoms with E-state index in [9.17, 15) is 0 Å². The Morgan fingerprint density at radius 1 is 1.17 bits per heavy atom. The van der Waals surface area contributed by atoms with Crippen LogP contribution in [-0.2, 0) is 0 Å². The first kappa shape index (κ1) is 6.76. The molecule has 0 spiro atoms. The molecule has 0 fully saturated rings. The maximum atomic E-state index is 2.38. The first-order valence-corrected chi connectivity index (χ1v) is 10.4. The van der Waals surface area contributed by atoms with Crippen LogP contribution in [0.5, 0.6) is 0 Å². The van der Waals surface area contributed by atoms with Gasteiger partial charge in [-0.3, -0.25) is 0 Å². The summed E-state index contributed by atoms with van der Waals surface area (Å²) in [6.07, 6.45) is 0. The molecular weight excluding hydrogens is 181 g/mol. The normalized spacial score (nSPS) is 11.0. The Bertz CT molecular complexity index is 28.5. The Labute approximate surface area is 47.4 Å². The van der Waals surface area contributed by atoms with Crippen LogP contribution in [0.4, 0.5) is 0 Å². The van der Waals surface area contributed by atoms with Gasteiger partial charge in [0.25, 0.3) is 0 Å². The predicted octanol–water partition coefficient (Wildman–Crippen LogP) is 0.531. The van der Waals surface area contributed by atoms with Crippen molar-refractivity contribution in [3.8, 4) is 0 Å². The summed E-state index contributed by atoms with van der Waals surface area (Å²) in [5.41, 5.74) is 0. The minimum atomic E-state index is -0.971. The maximum absolute atomic E-state index is 2.38. The molecule has 0 rings (SSSR count). The molecule has 0 unspecified atom stereocenters. The Kier molecular flexibility index (Phi) is 3.22. The van der Waals surface area contributed by atoms with Gasteiger partial charge in [0.2, 0.25) is 0 Å². The van der Waals surface area contributed by atoms with Gasteiger partial charge in [0.1, 0.15) is 0 Å². The zero-order valence-electron chi connectivity index (χ0n) is 5.02. The van der Waals surface area contributed by atoms with Gasteiger partial charge in [0.15, 0.2) is 0 Å². The summed E-state index contributed by atoms with van der Waals surface area (Å²) in [4.78, 5) is 4.75. The average molecular weight is 194 g/mol. The van der Waals surface area contributed by atoms with E-state index in [4.69, 9.17) is 0 Å². The van der Waals surface area contributed by atoms with E-state index < -0.39 is 20.0 Å². The molecule has 0 aliphatic rings. The fourth-order valence-electron chi connectivity index (χ4n) is 0. The van der Waals surface area contributed by atoms with E-state index in [0.29, 0.717) is 0 Å². The molecule has 0 amide bonds. The van der Waals surface area contributed by atoms with Gasteiger partial charge in [-0.15, -0.1) is 0 Å². The standard InChI is InChI=1S/C2H6N.2CH3.Sn.H/c1-3-2;;;;/h1-2H3;2*1H3;;/q-1;;;+1;. The van der Waals surface area contributed by atoms with E-state index in [0.717, 1.165) is 0 Å². The second-order valence-electron chi connectivity index (χ2n) is 2.06. The molecule has 0 aromatic carbocycles. The Hall–Kier alpha value is 0.759. The molecule has 0 heterocycles.